The van der Waals surface area contributed by atoms with E-state index in [0.717, 1.165) is 28.4 Å². The molecule has 0 fully saturated rings. The van der Waals surface area contributed by atoms with Crippen LogP contribution in [0.5, 0.6) is 0 Å². The molecule has 3 rings (SSSR count). The van der Waals surface area contributed by atoms with E-state index in [9.17, 15) is 4.79 Å². The molecule has 0 saturated carbocycles. The van der Waals surface area contributed by atoms with Gasteiger partial charge in [0.2, 0.25) is 5.89 Å². The van der Waals surface area contributed by atoms with Crippen molar-refractivity contribution in [3.05, 3.63) is 41.9 Å². The van der Waals surface area contributed by atoms with Gasteiger partial charge in [-0.05, 0) is 13.0 Å². The van der Waals surface area contributed by atoms with Crippen LogP contribution in [-0.2, 0) is 0 Å². The van der Waals surface area contributed by atoms with Crippen molar-refractivity contribution in [1.29, 1.82) is 0 Å². The molecule has 1 aromatic carbocycles. The molecular formula is C13H10N2O3. The van der Waals surface area contributed by atoms with E-state index in [0.29, 0.717) is 5.89 Å². The van der Waals surface area contributed by atoms with Gasteiger partial charge in [0.05, 0.1) is 5.56 Å². The summed E-state index contributed by atoms with van der Waals surface area (Å²) in [4.78, 5) is 18.0. The molecule has 5 nitrogen and oxygen atoms in total. The Bertz CT molecular complexity index is 740. The van der Waals surface area contributed by atoms with Gasteiger partial charge < -0.3 is 14.5 Å². The first kappa shape index (κ1) is 10.6. The number of carbonyl (C=O) groups is 1. The molecule has 2 aromatic heterocycles. The monoisotopic (exact) mass is 242 g/mol. The molecule has 5 heteroatoms. The SMILES string of the molecule is Cc1[nH]c2ccccc2c1-c1nc(C(=O)O)co1. The highest BCUT2D eigenvalue weighted by Gasteiger charge is 2.17. The number of aromatic amines is 1. The van der Waals surface area contributed by atoms with E-state index in [4.69, 9.17) is 9.52 Å². The zero-order chi connectivity index (χ0) is 12.7. The Hall–Kier alpha value is -2.56. The van der Waals surface area contributed by atoms with E-state index >= 15 is 0 Å². The third-order valence-corrected chi connectivity index (χ3v) is 2.83. The number of aromatic carboxylic acids is 1. The summed E-state index contributed by atoms with van der Waals surface area (Å²) in [6, 6.07) is 7.74. The van der Waals surface area contributed by atoms with E-state index in [2.05, 4.69) is 9.97 Å². The summed E-state index contributed by atoms with van der Waals surface area (Å²) in [5, 5.41) is 9.81. The highest BCUT2D eigenvalue weighted by atomic mass is 16.4. The zero-order valence-electron chi connectivity index (χ0n) is 9.60. The number of aryl methyl sites for hydroxylation is 1. The Morgan fingerprint density at radius 1 is 1.39 bits per heavy atom. The molecule has 0 radical (unpaired) electrons. The number of oxazole rings is 1. The highest BCUT2D eigenvalue weighted by molar-refractivity contribution is 5.96. The second-order valence-corrected chi connectivity index (χ2v) is 4.01. The number of aromatic nitrogens is 2. The van der Waals surface area contributed by atoms with Gasteiger partial charge in [0, 0.05) is 16.6 Å². The maximum Gasteiger partial charge on any atom is 0.357 e. The van der Waals surface area contributed by atoms with Crippen molar-refractivity contribution in [3.63, 3.8) is 0 Å². The minimum absolute atomic E-state index is 0.0883. The van der Waals surface area contributed by atoms with Crippen LogP contribution >= 0.6 is 0 Å². The standard InChI is InChI=1S/C13H10N2O3/c1-7-11(8-4-2-3-5-9(8)14-7)12-15-10(6-18-12)13(16)17/h2-6,14H,1H3,(H,16,17). The van der Waals surface area contributed by atoms with Crippen LogP contribution in [0.4, 0.5) is 0 Å². The minimum Gasteiger partial charge on any atom is -0.476 e. The van der Waals surface area contributed by atoms with Gasteiger partial charge in [-0.15, -0.1) is 0 Å². The fraction of sp³-hybridized carbons (Fsp3) is 0.0769. The normalized spacial score (nSPS) is 10.9. The van der Waals surface area contributed by atoms with Crippen LogP contribution < -0.4 is 0 Å². The second kappa shape index (κ2) is 3.73. The summed E-state index contributed by atoms with van der Waals surface area (Å²) in [5.41, 5.74) is 2.59. The number of para-hydroxylation sites is 1. The summed E-state index contributed by atoms with van der Waals surface area (Å²) in [6.45, 7) is 1.90. The fourth-order valence-corrected chi connectivity index (χ4v) is 2.04. The van der Waals surface area contributed by atoms with Gasteiger partial charge in [-0.25, -0.2) is 9.78 Å². The first-order valence-electron chi connectivity index (χ1n) is 5.43. The van der Waals surface area contributed by atoms with Crippen molar-refractivity contribution < 1.29 is 14.3 Å². The van der Waals surface area contributed by atoms with Crippen molar-refractivity contribution in [3.8, 4) is 11.5 Å². The molecule has 0 saturated heterocycles. The lowest BCUT2D eigenvalue weighted by Crippen LogP contribution is -1.95. The highest BCUT2D eigenvalue weighted by Crippen LogP contribution is 2.31. The molecule has 0 unspecified atom stereocenters. The molecule has 2 N–H and O–H groups in total. The predicted octanol–water partition coefficient (Wildman–Crippen LogP) is 2.83. The number of nitrogens with one attached hydrogen (secondary N) is 1. The first-order chi connectivity index (χ1) is 8.66. The number of rotatable bonds is 2. The average Bonchev–Trinajstić information content (AvgIpc) is 2.91. The van der Waals surface area contributed by atoms with E-state index in [1.165, 1.54) is 0 Å². The molecule has 0 amide bonds. The Balaban J connectivity index is 2.24. The van der Waals surface area contributed by atoms with Crippen molar-refractivity contribution in [2.45, 2.75) is 6.92 Å². The maximum absolute atomic E-state index is 10.8. The van der Waals surface area contributed by atoms with Crippen LogP contribution in [0.1, 0.15) is 16.2 Å². The number of hydrogen-bond donors (Lipinski definition) is 2. The third-order valence-electron chi connectivity index (χ3n) is 2.83. The lowest BCUT2D eigenvalue weighted by molar-refractivity contribution is 0.0690. The van der Waals surface area contributed by atoms with Gasteiger partial charge >= 0.3 is 5.97 Å². The summed E-state index contributed by atoms with van der Waals surface area (Å²) < 4.78 is 5.25. The van der Waals surface area contributed by atoms with E-state index in [1.54, 1.807) is 0 Å². The van der Waals surface area contributed by atoms with Crippen LogP contribution in [0, 0.1) is 6.92 Å². The molecule has 90 valence electrons. The molecule has 0 aliphatic heterocycles. The average molecular weight is 242 g/mol. The Labute approximate surface area is 102 Å². The summed E-state index contributed by atoms with van der Waals surface area (Å²) in [6.07, 6.45) is 1.15. The van der Waals surface area contributed by atoms with Gasteiger partial charge in [-0.1, -0.05) is 18.2 Å². The van der Waals surface area contributed by atoms with Crippen LogP contribution in [0.2, 0.25) is 0 Å². The summed E-state index contributed by atoms with van der Waals surface area (Å²) in [7, 11) is 0. The lowest BCUT2D eigenvalue weighted by Gasteiger charge is -1.94. The number of benzene rings is 1. The van der Waals surface area contributed by atoms with Crippen LogP contribution in [0.3, 0.4) is 0 Å². The smallest absolute Gasteiger partial charge is 0.357 e. The third kappa shape index (κ3) is 1.48. The van der Waals surface area contributed by atoms with E-state index in [1.807, 2.05) is 31.2 Å². The number of carboxylic acids is 1. The number of hydrogen-bond acceptors (Lipinski definition) is 3. The number of nitrogens with zero attached hydrogens (tertiary/aromatic N) is 1. The summed E-state index contributed by atoms with van der Waals surface area (Å²) in [5.74, 6) is -0.773. The second-order valence-electron chi connectivity index (χ2n) is 4.01. The molecule has 18 heavy (non-hydrogen) atoms. The van der Waals surface area contributed by atoms with E-state index < -0.39 is 5.97 Å². The number of fused-ring (bicyclic) bond motifs is 1. The van der Waals surface area contributed by atoms with Gasteiger partial charge in [0.15, 0.2) is 5.69 Å². The van der Waals surface area contributed by atoms with Gasteiger partial charge in [-0.2, -0.15) is 0 Å². The largest absolute Gasteiger partial charge is 0.476 e. The van der Waals surface area contributed by atoms with Crippen molar-refractivity contribution in [2.75, 3.05) is 0 Å². The molecule has 3 aromatic rings. The van der Waals surface area contributed by atoms with Gasteiger partial charge in [-0.3, -0.25) is 0 Å². The fourth-order valence-electron chi connectivity index (χ4n) is 2.04. The molecule has 0 aliphatic rings. The zero-order valence-corrected chi connectivity index (χ0v) is 9.60. The Morgan fingerprint density at radius 2 is 2.17 bits per heavy atom. The lowest BCUT2D eigenvalue weighted by atomic mass is 10.1. The quantitative estimate of drug-likeness (QED) is 0.724. The van der Waals surface area contributed by atoms with Crippen molar-refractivity contribution >= 4 is 16.9 Å². The van der Waals surface area contributed by atoms with Crippen LogP contribution in [-0.4, -0.2) is 21.0 Å². The number of carboxylic acid groups (broad SMARTS) is 1. The van der Waals surface area contributed by atoms with Crippen molar-refractivity contribution in [1.82, 2.24) is 9.97 Å². The van der Waals surface area contributed by atoms with Gasteiger partial charge in [0.1, 0.15) is 6.26 Å². The molecule has 0 spiro atoms. The molecule has 0 atom stereocenters. The molecule has 2 heterocycles. The minimum atomic E-state index is -1.09. The molecule has 0 aliphatic carbocycles. The molecule has 0 bridgehead atoms. The predicted molar refractivity (Wildman–Crippen MR) is 65.5 cm³/mol. The first-order valence-corrected chi connectivity index (χ1v) is 5.43. The summed E-state index contributed by atoms with van der Waals surface area (Å²) >= 11 is 0. The number of H-pyrrole nitrogens is 1. The van der Waals surface area contributed by atoms with Crippen LogP contribution in [0.15, 0.2) is 34.9 Å². The topological polar surface area (TPSA) is 79.1 Å². The van der Waals surface area contributed by atoms with Gasteiger partial charge in [0.25, 0.3) is 0 Å². The molecular weight excluding hydrogens is 232 g/mol. The van der Waals surface area contributed by atoms with E-state index in [-0.39, 0.29) is 5.69 Å². The van der Waals surface area contributed by atoms with Crippen LogP contribution in [0.25, 0.3) is 22.4 Å². The van der Waals surface area contributed by atoms with Crippen molar-refractivity contribution in [2.24, 2.45) is 0 Å². The Morgan fingerprint density at radius 3 is 2.89 bits per heavy atom. The Kier molecular flexibility index (Phi) is 2.19. The maximum atomic E-state index is 10.8.